The maximum absolute atomic E-state index is 12.4. The number of alkyl halides is 3. The van der Waals surface area contributed by atoms with E-state index in [2.05, 4.69) is 6.92 Å². The van der Waals surface area contributed by atoms with Gasteiger partial charge in [0.05, 0.1) is 5.56 Å². The molecule has 0 aliphatic carbocycles. The highest BCUT2D eigenvalue weighted by Gasteiger charge is 2.30. The van der Waals surface area contributed by atoms with E-state index in [9.17, 15) is 13.2 Å². The predicted molar refractivity (Wildman–Crippen MR) is 67.6 cm³/mol. The van der Waals surface area contributed by atoms with E-state index in [1.807, 2.05) is 4.90 Å². The van der Waals surface area contributed by atoms with Crippen molar-refractivity contribution < 1.29 is 13.2 Å². The predicted octanol–water partition coefficient (Wildman–Crippen LogP) is 3.27. The lowest BCUT2D eigenvalue weighted by Gasteiger charge is -2.24. The van der Waals surface area contributed by atoms with Crippen LogP contribution in [0.15, 0.2) is 24.3 Å². The monoisotopic (exact) mass is 260 g/mol. The number of nitrogens with zero attached hydrogens (tertiary/aromatic N) is 1. The van der Waals surface area contributed by atoms with Crippen LogP contribution in [0.25, 0.3) is 0 Å². The van der Waals surface area contributed by atoms with Gasteiger partial charge in [-0.2, -0.15) is 13.2 Å². The van der Waals surface area contributed by atoms with Gasteiger partial charge in [-0.15, -0.1) is 0 Å². The zero-order valence-corrected chi connectivity index (χ0v) is 10.5. The Morgan fingerprint density at radius 1 is 1.11 bits per heavy atom. The van der Waals surface area contributed by atoms with Crippen LogP contribution in [-0.2, 0) is 6.18 Å². The molecule has 0 aromatic heterocycles. The number of hydrogen-bond donors (Lipinski definition) is 1. The van der Waals surface area contributed by atoms with Gasteiger partial charge < -0.3 is 10.6 Å². The highest BCUT2D eigenvalue weighted by molar-refractivity contribution is 5.48. The number of unbranched alkanes of at least 4 members (excludes halogenated alkanes) is 1. The van der Waals surface area contributed by atoms with Gasteiger partial charge in [0, 0.05) is 25.3 Å². The summed E-state index contributed by atoms with van der Waals surface area (Å²) in [6.45, 7) is 4.04. The number of halogens is 3. The molecule has 102 valence electrons. The lowest BCUT2D eigenvalue weighted by molar-refractivity contribution is -0.137. The molecule has 0 amide bonds. The molecular formula is C13H19F3N2. The van der Waals surface area contributed by atoms with E-state index in [1.54, 1.807) is 0 Å². The molecule has 0 heterocycles. The van der Waals surface area contributed by atoms with Gasteiger partial charge in [0.25, 0.3) is 0 Å². The van der Waals surface area contributed by atoms with E-state index in [0.29, 0.717) is 13.1 Å². The minimum absolute atomic E-state index is 0.491. The Kier molecular flexibility index (Phi) is 5.47. The van der Waals surface area contributed by atoms with Crippen molar-refractivity contribution in [3.63, 3.8) is 0 Å². The largest absolute Gasteiger partial charge is 0.416 e. The molecule has 0 radical (unpaired) electrons. The van der Waals surface area contributed by atoms with Crippen molar-refractivity contribution in [2.24, 2.45) is 5.73 Å². The van der Waals surface area contributed by atoms with Crippen molar-refractivity contribution in [1.82, 2.24) is 0 Å². The first-order valence-electron chi connectivity index (χ1n) is 6.11. The molecule has 0 aliphatic rings. The Hall–Kier alpha value is -1.23. The number of anilines is 1. The fraction of sp³-hybridized carbons (Fsp3) is 0.538. The molecule has 0 spiro atoms. The molecule has 1 aromatic carbocycles. The van der Waals surface area contributed by atoms with E-state index in [4.69, 9.17) is 5.73 Å². The van der Waals surface area contributed by atoms with Gasteiger partial charge >= 0.3 is 6.18 Å². The average molecular weight is 260 g/mol. The summed E-state index contributed by atoms with van der Waals surface area (Å²) in [4.78, 5) is 2.02. The molecule has 0 unspecified atom stereocenters. The van der Waals surface area contributed by atoms with Crippen LogP contribution in [0.3, 0.4) is 0 Å². The third-order valence-electron chi connectivity index (χ3n) is 2.74. The van der Waals surface area contributed by atoms with Crippen molar-refractivity contribution in [1.29, 1.82) is 0 Å². The van der Waals surface area contributed by atoms with Crippen molar-refractivity contribution in [2.45, 2.75) is 25.9 Å². The summed E-state index contributed by atoms with van der Waals surface area (Å²) in [7, 11) is 0. The number of hydrogen-bond acceptors (Lipinski definition) is 2. The van der Waals surface area contributed by atoms with E-state index < -0.39 is 11.7 Å². The third kappa shape index (κ3) is 4.22. The van der Waals surface area contributed by atoms with E-state index in [-0.39, 0.29) is 0 Å². The van der Waals surface area contributed by atoms with Crippen LogP contribution in [0.1, 0.15) is 25.3 Å². The summed E-state index contributed by atoms with van der Waals surface area (Å²) in [6.07, 6.45) is -2.23. The maximum atomic E-state index is 12.4. The van der Waals surface area contributed by atoms with Gasteiger partial charge in [-0.25, -0.2) is 0 Å². The van der Waals surface area contributed by atoms with Crippen LogP contribution in [0.2, 0.25) is 0 Å². The second-order valence-electron chi connectivity index (χ2n) is 4.17. The number of benzene rings is 1. The van der Waals surface area contributed by atoms with Crippen molar-refractivity contribution in [3.8, 4) is 0 Å². The minimum atomic E-state index is -4.28. The van der Waals surface area contributed by atoms with E-state index >= 15 is 0 Å². The molecule has 2 nitrogen and oxygen atoms in total. The Bertz CT molecular complexity index is 346. The summed E-state index contributed by atoms with van der Waals surface area (Å²) in [5, 5.41) is 0. The van der Waals surface area contributed by atoms with Crippen molar-refractivity contribution >= 4 is 5.69 Å². The smallest absolute Gasteiger partial charge is 0.370 e. The normalized spacial score (nSPS) is 11.6. The van der Waals surface area contributed by atoms with Crippen molar-refractivity contribution in [3.05, 3.63) is 29.8 Å². The molecule has 0 saturated heterocycles. The van der Waals surface area contributed by atoms with Gasteiger partial charge in [-0.1, -0.05) is 13.3 Å². The Labute approximate surface area is 106 Å². The van der Waals surface area contributed by atoms with Crippen LogP contribution in [0.4, 0.5) is 18.9 Å². The molecule has 1 aromatic rings. The molecule has 1 rings (SSSR count). The lowest BCUT2D eigenvalue weighted by Crippen LogP contribution is -2.30. The number of rotatable bonds is 6. The van der Waals surface area contributed by atoms with Crippen molar-refractivity contribution in [2.75, 3.05) is 24.5 Å². The van der Waals surface area contributed by atoms with Crippen LogP contribution in [0, 0.1) is 0 Å². The highest BCUT2D eigenvalue weighted by atomic mass is 19.4. The van der Waals surface area contributed by atoms with Crippen LogP contribution in [0.5, 0.6) is 0 Å². The summed E-state index contributed by atoms with van der Waals surface area (Å²) in [5.41, 5.74) is 5.69. The summed E-state index contributed by atoms with van der Waals surface area (Å²) >= 11 is 0. The highest BCUT2D eigenvalue weighted by Crippen LogP contribution is 2.30. The summed E-state index contributed by atoms with van der Waals surface area (Å²) < 4.78 is 37.3. The maximum Gasteiger partial charge on any atom is 0.416 e. The standard InChI is InChI=1S/C13H19F3N2/c1-2-3-9-18(10-8-17)12-6-4-11(5-7-12)13(14,15)16/h4-7H,2-3,8-10,17H2,1H3. The fourth-order valence-electron chi connectivity index (χ4n) is 1.74. The van der Waals surface area contributed by atoms with E-state index in [1.165, 1.54) is 12.1 Å². The molecule has 0 bridgehead atoms. The molecule has 0 aliphatic heterocycles. The zero-order chi connectivity index (χ0) is 13.6. The third-order valence-corrected chi connectivity index (χ3v) is 2.74. The molecule has 0 atom stereocenters. The molecular weight excluding hydrogens is 241 g/mol. The molecule has 0 saturated carbocycles. The number of nitrogens with two attached hydrogens (primary N) is 1. The Morgan fingerprint density at radius 3 is 2.17 bits per heavy atom. The van der Waals surface area contributed by atoms with Gasteiger partial charge in [-0.05, 0) is 30.7 Å². The van der Waals surface area contributed by atoms with Gasteiger partial charge in [0.2, 0.25) is 0 Å². The first kappa shape index (κ1) is 14.8. The Morgan fingerprint density at radius 2 is 1.72 bits per heavy atom. The fourth-order valence-corrected chi connectivity index (χ4v) is 1.74. The quantitative estimate of drug-likeness (QED) is 0.850. The van der Waals surface area contributed by atoms with E-state index in [0.717, 1.165) is 37.2 Å². The minimum Gasteiger partial charge on any atom is -0.370 e. The van der Waals surface area contributed by atoms with Crippen LogP contribution >= 0.6 is 0 Å². The molecule has 5 heteroatoms. The second kappa shape index (κ2) is 6.64. The van der Waals surface area contributed by atoms with Crippen LogP contribution in [-0.4, -0.2) is 19.6 Å². The molecule has 2 N–H and O–H groups in total. The summed E-state index contributed by atoms with van der Waals surface area (Å²) in [5.74, 6) is 0. The Balaban J connectivity index is 2.79. The lowest BCUT2D eigenvalue weighted by atomic mass is 10.2. The second-order valence-corrected chi connectivity index (χ2v) is 4.17. The van der Waals surface area contributed by atoms with Gasteiger partial charge in [-0.3, -0.25) is 0 Å². The van der Waals surface area contributed by atoms with Gasteiger partial charge in [0.1, 0.15) is 0 Å². The average Bonchev–Trinajstić information content (AvgIpc) is 2.33. The first-order valence-corrected chi connectivity index (χ1v) is 6.11. The topological polar surface area (TPSA) is 29.3 Å². The zero-order valence-electron chi connectivity index (χ0n) is 10.5. The van der Waals surface area contributed by atoms with Gasteiger partial charge in [0.15, 0.2) is 0 Å². The first-order chi connectivity index (χ1) is 8.49. The molecule has 0 fully saturated rings. The summed E-state index contributed by atoms with van der Waals surface area (Å²) in [6, 6.07) is 5.25. The van der Waals surface area contributed by atoms with Crippen LogP contribution < -0.4 is 10.6 Å². The molecule has 18 heavy (non-hydrogen) atoms. The SMILES string of the molecule is CCCCN(CCN)c1ccc(C(F)(F)F)cc1.